The van der Waals surface area contributed by atoms with Crippen LogP contribution in [0.5, 0.6) is 0 Å². The molecule has 0 aromatic carbocycles. The number of nitrogens with zero attached hydrogens (tertiary/aromatic N) is 1. The fourth-order valence-corrected chi connectivity index (χ4v) is 3.37. The van der Waals surface area contributed by atoms with Gasteiger partial charge in [0.1, 0.15) is 4.90 Å². The lowest BCUT2D eigenvalue weighted by molar-refractivity contribution is -0.141. The second-order valence-corrected chi connectivity index (χ2v) is 6.70. The summed E-state index contributed by atoms with van der Waals surface area (Å²) < 4.78 is 26.5. The first kappa shape index (κ1) is 14.0. The maximum atomic E-state index is 12.0. The van der Waals surface area contributed by atoms with Gasteiger partial charge in [-0.3, -0.25) is 9.78 Å². The Morgan fingerprint density at radius 2 is 2.21 bits per heavy atom. The molecule has 1 aliphatic rings. The van der Waals surface area contributed by atoms with E-state index in [0.29, 0.717) is 0 Å². The Labute approximate surface area is 111 Å². The SMILES string of the molecule is O=C(O)CC1(CNS(=O)(=O)c2cccnc2)CCC1. The first-order valence-corrected chi connectivity index (χ1v) is 7.53. The molecule has 1 heterocycles. The molecule has 6 nitrogen and oxygen atoms in total. The molecule has 19 heavy (non-hydrogen) atoms. The molecule has 2 rings (SSSR count). The number of carboxylic acids is 1. The van der Waals surface area contributed by atoms with Gasteiger partial charge in [0, 0.05) is 18.9 Å². The van der Waals surface area contributed by atoms with E-state index < -0.39 is 21.4 Å². The van der Waals surface area contributed by atoms with Crippen molar-refractivity contribution in [2.75, 3.05) is 6.54 Å². The average molecular weight is 284 g/mol. The molecular formula is C12H16N2O4S. The van der Waals surface area contributed by atoms with Crippen molar-refractivity contribution in [3.05, 3.63) is 24.5 Å². The van der Waals surface area contributed by atoms with Gasteiger partial charge in [0.05, 0.1) is 6.42 Å². The van der Waals surface area contributed by atoms with Crippen LogP contribution < -0.4 is 4.72 Å². The van der Waals surface area contributed by atoms with Gasteiger partial charge in [-0.1, -0.05) is 6.42 Å². The van der Waals surface area contributed by atoms with Crippen LogP contribution in [0, 0.1) is 5.41 Å². The van der Waals surface area contributed by atoms with E-state index in [2.05, 4.69) is 9.71 Å². The summed E-state index contributed by atoms with van der Waals surface area (Å²) >= 11 is 0. The normalized spacial score (nSPS) is 17.7. The summed E-state index contributed by atoms with van der Waals surface area (Å²) in [6.45, 7) is 0.163. The number of pyridine rings is 1. The Balaban J connectivity index is 2.04. The maximum Gasteiger partial charge on any atom is 0.303 e. The van der Waals surface area contributed by atoms with Crippen molar-refractivity contribution in [3.8, 4) is 0 Å². The topological polar surface area (TPSA) is 96.4 Å². The number of sulfonamides is 1. The molecule has 0 amide bonds. The summed E-state index contributed by atoms with van der Waals surface area (Å²) in [6.07, 6.45) is 5.21. The smallest absolute Gasteiger partial charge is 0.303 e. The molecule has 0 spiro atoms. The lowest BCUT2D eigenvalue weighted by Gasteiger charge is -2.40. The number of rotatable bonds is 6. The van der Waals surface area contributed by atoms with Crippen molar-refractivity contribution in [2.45, 2.75) is 30.6 Å². The van der Waals surface area contributed by atoms with Crippen LogP contribution in [0.1, 0.15) is 25.7 Å². The fraction of sp³-hybridized carbons (Fsp3) is 0.500. The molecule has 0 radical (unpaired) electrons. The first-order valence-electron chi connectivity index (χ1n) is 6.05. The lowest BCUT2D eigenvalue weighted by Crippen LogP contribution is -2.43. The number of hydrogen-bond acceptors (Lipinski definition) is 4. The van der Waals surface area contributed by atoms with E-state index in [1.807, 2.05) is 0 Å². The molecule has 1 saturated carbocycles. The minimum Gasteiger partial charge on any atom is -0.481 e. The summed E-state index contributed by atoms with van der Waals surface area (Å²) in [4.78, 5) is 14.7. The van der Waals surface area contributed by atoms with Crippen molar-refractivity contribution < 1.29 is 18.3 Å². The monoisotopic (exact) mass is 284 g/mol. The van der Waals surface area contributed by atoms with E-state index >= 15 is 0 Å². The van der Waals surface area contributed by atoms with Crippen LogP contribution in [-0.2, 0) is 14.8 Å². The van der Waals surface area contributed by atoms with Crippen LogP contribution in [0.4, 0.5) is 0 Å². The summed E-state index contributed by atoms with van der Waals surface area (Å²) in [5.41, 5.74) is -0.429. The van der Waals surface area contributed by atoms with Gasteiger partial charge in [0.25, 0.3) is 0 Å². The van der Waals surface area contributed by atoms with Gasteiger partial charge in [-0.15, -0.1) is 0 Å². The molecule has 1 aliphatic carbocycles. The largest absolute Gasteiger partial charge is 0.481 e. The van der Waals surface area contributed by atoms with Crippen molar-refractivity contribution in [2.24, 2.45) is 5.41 Å². The van der Waals surface area contributed by atoms with Gasteiger partial charge in [0.2, 0.25) is 10.0 Å². The Hall–Kier alpha value is -1.47. The predicted octanol–water partition coefficient (Wildman–Crippen LogP) is 1.00. The molecule has 1 fully saturated rings. The Kier molecular flexibility index (Phi) is 3.86. The van der Waals surface area contributed by atoms with E-state index in [-0.39, 0.29) is 17.9 Å². The highest BCUT2D eigenvalue weighted by molar-refractivity contribution is 7.89. The van der Waals surface area contributed by atoms with Gasteiger partial charge < -0.3 is 5.11 Å². The third-order valence-electron chi connectivity index (χ3n) is 3.52. The quantitative estimate of drug-likeness (QED) is 0.812. The second-order valence-electron chi connectivity index (χ2n) is 4.94. The van der Waals surface area contributed by atoms with E-state index in [4.69, 9.17) is 5.11 Å². The summed E-state index contributed by atoms with van der Waals surface area (Å²) in [5.74, 6) is -0.889. The highest BCUT2D eigenvalue weighted by Gasteiger charge is 2.39. The third kappa shape index (κ3) is 3.30. The van der Waals surface area contributed by atoms with E-state index in [0.717, 1.165) is 19.3 Å². The lowest BCUT2D eigenvalue weighted by atomic mass is 9.67. The molecule has 1 aromatic rings. The number of carbonyl (C=O) groups is 1. The molecule has 0 atom stereocenters. The molecular weight excluding hydrogens is 268 g/mol. The molecule has 0 unspecified atom stereocenters. The van der Waals surface area contributed by atoms with Crippen LogP contribution in [0.25, 0.3) is 0 Å². The fourth-order valence-electron chi connectivity index (χ4n) is 2.25. The van der Waals surface area contributed by atoms with E-state index in [1.54, 1.807) is 6.07 Å². The van der Waals surface area contributed by atoms with E-state index in [9.17, 15) is 13.2 Å². The highest BCUT2D eigenvalue weighted by atomic mass is 32.2. The standard InChI is InChI=1S/C12H16N2O4S/c15-11(16)7-12(4-2-5-12)9-14-19(17,18)10-3-1-6-13-8-10/h1,3,6,8,14H,2,4-5,7,9H2,(H,15,16). The summed E-state index contributed by atoms with van der Waals surface area (Å²) in [6, 6.07) is 3.00. The minimum absolute atomic E-state index is 0.00254. The maximum absolute atomic E-state index is 12.0. The third-order valence-corrected chi connectivity index (χ3v) is 4.91. The Bertz CT molecular complexity index is 552. The zero-order chi connectivity index (χ0) is 13.9. The van der Waals surface area contributed by atoms with Crippen molar-refractivity contribution in [3.63, 3.8) is 0 Å². The number of aliphatic carboxylic acids is 1. The van der Waals surface area contributed by atoms with Gasteiger partial charge in [-0.2, -0.15) is 0 Å². The number of nitrogens with one attached hydrogen (secondary N) is 1. The summed E-state index contributed by atoms with van der Waals surface area (Å²) in [5, 5.41) is 8.87. The zero-order valence-corrected chi connectivity index (χ0v) is 11.2. The van der Waals surface area contributed by atoms with Crippen LogP contribution in [0.15, 0.2) is 29.4 Å². The van der Waals surface area contributed by atoms with Crippen molar-refractivity contribution in [1.29, 1.82) is 0 Å². The van der Waals surface area contributed by atoms with Crippen molar-refractivity contribution >= 4 is 16.0 Å². The molecule has 0 aliphatic heterocycles. The van der Waals surface area contributed by atoms with Crippen LogP contribution in [-0.4, -0.2) is 31.0 Å². The molecule has 1 aromatic heterocycles. The van der Waals surface area contributed by atoms with Gasteiger partial charge in [-0.05, 0) is 30.4 Å². The van der Waals surface area contributed by atoms with Crippen LogP contribution >= 0.6 is 0 Å². The van der Waals surface area contributed by atoms with Gasteiger partial charge in [0.15, 0.2) is 0 Å². The minimum atomic E-state index is -3.61. The molecule has 0 bridgehead atoms. The molecule has 104 valence electrons. The average Bonchev–Trinajstić information content (AvgIpc) is 2.33. The van der Waals surface area contributed by atoms with Crippen LogP contribution in [0.3, 0.4) is 0 Å². The van der Waals surface area contributed by atoms with Crippen molar-refractivity contribution in [1.82, 2.24) is 9.71 Å². The zero-order valence-electron chi connectivity index (χ0n) is 10.4. The van der Waals surface area contributed by atoms with E-state index in [1.165, 1.54) is 18.5 Å². The highest BCUT2D eigenvalue weighted by Crippen LogP contribution is 2.43. The first-order chi connectivity index (χ1) is 8.94. The number of aromatic nitrogens is 1. The number of carboxylic acid groups (broad SMARTS) is 1. The molecule has 7 heteroatoms. The van der Waals surface area contributed by atoms with Crippen LogP contribution in [0.2, 0.25) is 0 Å². The summed E-state index contributed by atoms with van der Waals surface area (Å²) in [7, 11) is -3.61. The Morgan fingerprint density at radius 1 is 1.47 bits per heavy atom. The Morgan fingerprint density at radius 3 is 2.68 bits per heavy atom. The molecule has 0 saturated heterocycles. The number of hydrogen-bond donors (Lipinski definition) is 2. The van der Waals surface area contributed by atoms with Gasteiger partial charge >= 0.3 is 5.97 Å². The second kappa shape index (κ2) is 5.26. The molecule has 2 N–H and O–H groups in total. The predicted molar refractivity (Wildman–Crippen MR) is 68.0 cm³/mol. The van der Waals surface area contributed by atoms with Gasteiger partial charge in [-0.25, -0.2) is 13.1 Å².